The predicted molar refractivity (Wildman–Crippen MR) is 70.2 cm³/mol. The first-order chi connectivity index (χ1) is 7.27. The minimum atomic E-state index is 1.14. The summed E-state index contributed by atoms with van der Waals surface area (Å²) in [5, 5.41) is 4.60. The molecule has 0 aliphatic heterocycles. The number of rotatable bonds is 2. The maximum atomic E-state index is 3.42. The number of benzene rings is 2. The lowest BCUT2D eigenvalue weighted by molar-refractivity contribution is 1.44. The minimum Gasteiger partial charge on any atom is -0.355 e. The molecule has 0 radical (unpaired) electrons. The van der Waals surface area contributed by atoms with Gasteiger partial charge in [-0.1, -0.05) is 36.4 Å². The van der Waals surface area contributed by atoms with Crippen LogP contribution in [0.15, 0.2) is 48.5 Å². The average Bonchev–Trinajstić information content (AvgIpc) is 2.24. The number of nitrogens with one attached hydrogen (secondary N) is 1. The Kier molecular flexibility index (Phi) is 3.03. The Morgan fingerprint density at radius 1 is 0.867 bits per heavy atom. The van der Waals surface area contributed by atoms with Gasteiger partial charge in [-0.3, -0.25) is 0 Å². The molecular formula is C13H14NP. The predicted octanol–water partition coefficient (Wildman–Crippen LogP) is 3.24. The van der Waals surface area contributed by atoms with Crippen molar-refractivity contribution in [1.82, 2.24) is 0 Å². The van der Waals surface area contributed by atoms with Crippen LogP contribution in [0.3, 0.4) is 0 Å². The van der Waals surface area contributed by atoms with Gasteiger partial charge in [-0.2, -0.15) is 0 Å². The summed E-state index contributed by atoms with van der Waals surface area (Å²) >= 11 is 0. The second-order valence-corrected chi connectivity index (χ2v) is 4.15. The van der Waals surface area contributed by atoms with E-state index in [9.17, 15) is 0 Å². The monoisotopic (exact) mass is 215 g/mol. The first kappa shape index (κ1) is 10.2. The summed E-state index contributed by atoms with van der Waals surface area (Å²) in [6, 6.07) is 16.5. The molecule has 0 fully saturated rings. The van der Waals surface area contributed by atoms with Crippen LogP contribution in [-0.2, 0) is 0 Å². The quantitative estimate of drug-likeness (QED) is 0.758. The van der Waals surface area contributed by atoms with Gasteiger partial charge in [0, 0.05) is 11.4 Å². The molecule has 0 bridgehead atoms. The molecule has 1 nitrogen and oxygen atoms in total. The third kappa shape index (κ3) is 2.37. The molecule has 1 unspecified atom stereocenters. The Hall–Kier alpha value is -1.33. The van der Waals surface area contributed by atoms with Crippen molar-refractivity contribution in [2.45, 2.75) is 6.92 Å². The van der Waals surface area contributed by atoms with Crippen LogP contribution in [0.4, 0.5) is 11.4 Å². The van der Waals surface area contributed by atoms with Crippen LogP contribution in [0.2, 0.25) is 0 Å². The van der Waals surface area contributed by atoms with Crippen molar-refractivity contribution in [3.05, 3.63) is 54.1 Å². The van der Waals surface area contributed by atoms with E-state index >= 15 is 0 Å². The first-order valence-electron chi connectivity index (χ1n) is 4.94. The van der Waals surface area contributed by atoms with Crippen molar-refractivity contribution < 1.29 is 0 Å². The van der Waals surface area contributed by atoms with Crippen molar-refractivity contribution in [3.8, 4) is 0 Å². The molecule has 0 aliphatic rings. The fourth-order valence-corrected chi connectivity index (χ4v) is 1.75. The van der Waals surface area contributed by atoms with Crippen LogP contribution in [0.1, 0.15) is 5.56 Å². The van der Waals surface area contributed by atoms with Crippen LogP contribution in [0.25, 0.3) is 0 Å². The van der Waals surface area contributed by atoms with Gasteiger partial charge in [0.1, 0.15) is 0 Å². The molecule has 0 heterocycles. The van der Waals surface area contributed by atoms with E-state index in [2.05, 4.69) is 45.7 Å². The standard InChI is InChI=1S/C13H14NP/c1-10-6-2-3-7-11(10)14-12-8-4-5-9-13(12)15/h2-9,14H,15H2,1H3. The molecule has 1 atom stereocenters. The van der Waals surface area contributed by atoms with Gasteiger partial charge >= 0.3 is 0 Å². The highest BCUT2D eigenvalue weighted by atomic mass is 31.0. The molecule has 15 heavy (non-hydrogen) atoms. The van der Waals surface area contributed by atoms with E-state index in [-0.39, 0.29) is 0 Å². The maximum Gasteiger partial charge on any atom is 0.0457 e. The zero-order valence-electron chi connectivity index (χ0n) is 8.70. The van der Waals surface area contributed by atoms with Crippen molar-refractivity contribution in [2.24, 2.45) is 0 Å². The van der Waals surface area contributed by atoms with E-state index in [1.54, 1.807) is 0 Å². The van der Waals surface area contributed by atoms with Gasteiger partial charge in [0.05, 0.1) is 0 Å². The van der Waals surface area contributed by atoms with Crippen LogP contribution < -0.4 is 10.6 Å². The molecule has 0 saturated carbocycles. The van der Waals surface area contributed by atoms with E-state index in [0.717, 1.165) is 11.4 Å². The number of para-hydroxylation sites is 2. The first-order valence-corrected chi connectivity index (χ1v) is 5.52. The molecule has 2 rings (SSSR count). The molecule has 2 aromatic rings. The zero-order valence-corrected chi connectivity index (χ0v) is 9.85. The molecule has 0 spiro atoms. The van der Waals surface area contributed by atoms with E-state index < -0.39 is 0 Å². The maximum absolute atomic E-state index is 3.42. The zero-order chi connectivity index (χ0) is 10.7. The number of hydrogen-bond donors (Lipinski definition) is 1. The average molecular weight is 215 g/mol. The van der Waals surface area contributed by atoms with E-state index in [1.807, 2.05) is 24.3 Å². The Morgan fingerprint density at radius 2 is 1.47 bits per heavy atom. The van der Waals surface area contributed by atoms with E-state index in [4.69, 9.17) is 0 Å². The van der Waals surface area contributed by atoms with E-state index in [1.165, 1.54) is 10.9 Å². The van der Waals surface area contributed by atoms with E-state index in [0.29, 0.717) is 0 Å². The van der Waals surface area contributed by atoms with Crippen molar-refractivity contribution in [1.29, 1.82) is 0 Å². The smallest absolute Gasteiger partial charge is 0.0457 e. The minimum absolute atomic E-state index is 1.14. The number of hydrogen-bond acceptors (Lipinski definition) is 1. The van der Waals surface area contributed by atoms with Gasteiger partial charge in [0.15, 0.2) is 0 Å². The largest absolute Gasteiger partial charge is 0.355 e. The van der Waals surface area contributed by atoms with Gasteiger partial charge in [-0.25, -0.2) is 0 Å². The summed E-state index contributed by atoms with van der Waals surface area (Å²) < 4.78 is 0. The fraction of sp³-hybridized carbons (Fsp3) is 0.0769. The fourth-order valence-electron chi connectivity index (χ4n) is 1.47. The van der Waals surface area contributed by atoms with Gasteiger partial charge in [0.2, 0.25) is 0 Å². The lowest BCUT2D eigenvalue weighted by Gasteiger charge is -2.11. The van der Waals surface area contributed by atoms with Crippen LogP contribution in [0.5, 0.6) is 0 Å². The lowest BCUT2D eigenvalue weighted by Crippen LogP contribution is -2.01. The summed E-state index contributed by atoms with van der Waals surface area (Å²) in [7, 11) is 2.74. The third-order valence-electron chi connectivity index (χ3n) is 2.38. The van der Waals surface area contributed by atoms with Crippen LogP contribution in [-0.4, -0.2) is 0 Å². The Balaban J connectivity index is 2.30. The van der Waals surface area contributed by atoms with Crippen LogP contribution in [0, 0.1) is 6.92 Å². The summed E-state index contributed by atoms with van der Waals surface area (Å²) in [5.74, 6) is 0. The molecule has 76 valence electrons. The van der Waals surface area contributed by atoms with Crippen molar-refractivity contribution >= 4 is 25.9 Å². The Bertz CT molecular complexity index is 422. The van der Waals surface area contributed by atoms with Crippen molar-refractivity contribution in [3.63, 3.8) is 0 Å². The topological polar surface area (TPSA) is 12.0 Å². The number of aryl methyl sites for hydroxylation is 1. The SMILES string of the molecule is Cc1ccccc1Nc1ccccc1P. The van der Waals surface area contributed by atoms with Gasteiger partial charge in [-0.05, 0) is 29.9 Å². The van der Waals surface area contributed by atoms with Gasteiger partial charge in [-0.15, -0.1) is 9.24 Å². The summed E-state index contributed by atoms with van der Waals surface area (Å²) in [5.41, 5.74) is 3.55. The van der Waals surface area contributed by atoms with Crippen molar-refractivity contribution in [2.75, 3.05) is 5.32 Å². The molecule has 2 aromatic carbocycles. The number of anilines is 2. The highest BCUT2D eigenvalue weighted by Crippen LogP contribution is 2.19. The Labute approximate surface area is 92.7 Å². The van der Waals surface area contributed by atoms with Crippen LogP contribution >= 0.6 is 9.24 Å². The Morgan fingerprint density at radius 3 is 2.13 bits per heavy atom. The lowest BCUT2D eigenvalue weighted by atomic mass is 10.2. The molecule has 1 N–H and O–H groups in total. The molecule has 0 aliphatic carbocycles. The second-order valence-electron chi connectivity index (χ2n) is 3.53. The molecule has 0 saturated heterocycles. The molecule has 0 aromatic heterocycles. The summed E-state index contributed by atoms with van der Waals surface area (Å²) in [6.07, 6.45) is 0. The molecular weight excluding hydrogens is 201 g/mol. The summed E-state index contributed by atoms with van der Waals surface area (Å²) in [6.45, 7) is 2.10. The normalized spacial score (nSPS) is 10.0. The second kappa shape index (κ2) is 4.46. The molecule has 2 heteroatoms. The highest BCUT2D eigenvalue weighted by molar-refractivity contribution is 7.28. The van der Waals surface area contributed by atoms with Gasteiger partial charge < -0.3 is 5.32 Å². The third-order valence-corrected chi connectivity index (χ3v) is 2.88. The highest BCUT2D eigenvalue weighted by Gasteiger charge is 1.99. The van der Waals surface area contributed by atoms with Gasteiger partial charge in [0.25, 0.3) is 0 Å². The summed E-state index contributed by atoms with van der Waals surface area (Å²) in [4.78, 5) is 0. The molecule has 0 amide bonds.